The number of carbonyl (C=O) groups excluding carboxylic acids is 1. The number of nitrogens with one attached hydrogen (secondary N) is 1. The summed E-state index contributed by atoms with van der Waals surface area (Å²) in [7, 11) is 1.63. The second kappa shape index (κ2) is 7.55. The van der Waals surface area contributed by atoms with Crippen LogP contribution >= 0.6 is 0 Å². The third-order valence-electron chi connectivity index (χ3n) is 2.37. The first kappa shape index (κ1) is 14.3. The topological polar surface area (TPSA) is 73.6 Å². The number of ether oxygens (including phenoxy) is 2. The number of nitrogen functional groups attached to an aromatic ring is 1. The Kier molecular flexibility index (Phi) is 6.00. The molecule has 5 heteroatoms. The molecule has 0 aliphatic rings. The molecule has 0 heterocycles. The van der Waals surface area contributed by atoms with Crippen molar-refractivity contribution >= 4 is 11.6 Å². The second-order valence-electron chi connectivity index (χ2n) is 4.03. The molecule has 1 aromatic carbocycles. The molecule has 0 spiro atoms. The van der Waals surface area contributed by atoms with Gasteiger partial charge in [-0.1, -0.05) is 6.07 Å². The lowest BCUT2D eigenvalue weighted by atomic mass is 10.2. The van der Waals surface area contributed by atoms with Crippen LogP contribution in [0.15, 0.2) is 18.2 Å². The molecule has 0 unspecified atom stereocenters. The minimum Gasteiger partial charge on any atom is -0.482 e. The number of aryl methyl sites for hydroxylation is 1. The summed E-state index contributed by atoms with van der Waals surface area (Å²) in [5, 5.41) is 2.73. The van der Waals surface area contributed by atoms with Crippen molar-refractivity contribution in [3.63, 3.8) is 0 Å². The molecule has 5 nitrogen and oxygen atoms in total. The van der Waals surface area contributed by atoms with Crippen molar-refractivity contribution in [1.29, 1.82) is 0 Å². The van der Waals surface area contributed by atoms with Gasteiger partial charge in [-0.05, 0) is 31.0 Å². The number of amides is 1. The lowest BCUT2D eigenvalue weighted by Crippen LogP contribution is -2.30. The number of benzene rings is 1. The van der Waals surface area contributed by atoms with Gasteiger partial charge in [0.05, 0.1) is 5.69 Å². The second-order valence-corrected chi connectivity index (χ2v) is 4.03. The average Bonchev–Trinajstić information content (AvgIpc) is 2.33. The zero-order valence-corrected chi connectivity index (χ0v) is 10.9. The Balaban J connectivity index is 2.29. The maximum absolute atomic E-state index is 11.4. The molecule has 1 aromatic rings. The largest absolute Gasteiger partial charge is 0.482 e. The monoisotopic (exact) mass is 252 g/mol. The van der Waals surface area contributed by atoms with E-state index in [4.69, 9.17) is 15.2 Å². The Bertz CT molecular complexity index is 394. The molecule has 0 saturated heterocycles. The molecule has 100 valence electrons. The zero-order valence-electron chi connectivity index (χ0n) is 10.9. The van der Waals surface area contributed by atoms with Gasteiger partial charge in [0.15, 0.2) is 6.61 Å². The predicted molar refractivity (Wildman–Crippen MR) is 70.6 cm³/mol. The Morgan fingerprint density at radius 1 is 1.44 bits per heavy atom. The average molecular weight is 252 g/mol. The van der Waals surface area contributed by atoms with Crippen LogP contribution in [0.4, 0.5) is 5.69 Å². The first-order chi connectivity index (χ1) is 8.63. The summed E-state index contributed by atoms with van der Waals surface area (Å²) in [5.41, 5.74) is 7.38. The minimum atomic E-state index is -0.161. The van der Waals surface area contributed by atoms with E-state index in [0.717, 1.165) is 12.0 Å². The van der Waals surface area contributed by atoms with Gasteiger partial charge in [-0.2, -0.15) is 0 Å². The molecule has 0 aliphatic carbocycles. The Labute approximate surface area is 107 Å². The molecular formula is C13H20N2O3. The highest BCUT2D eigenvalue weighted by Gasteiger charge is 2.04. The summed E-state index contributed by atoms with van der Waals surface area (Å²) >= 11 is 0. The fraction of sp³-hybridized carbons (Fsp3) is 0.462. The number of hydrogen-bond donors (Lipinski definition) is 2. The summed E-state index contributed by atoms with van der Waals surface area (Å²) in [5.74, 6) is 0.374. The normalized spacial score (nSPS) is 10.1. The fourth-order valence-electron chi connectivity index (χ4n) is 1.44. The molecule has 0 saturated carbocycles. The van der Waals surface area contributed by atoms with Crippen molar-refractivity contribution in [2.75, 3.05) is 32.6 Å². The van der Waals surface area contributed by atoms with Gasteiger partial charge >= 0.3 is 0 Å². The molecule has 0 bridgehead atoms. The number of nitrogens with two attached hydrogens (primary N) is 1. The van der Waals surface area contributed by atoms with Crippen LogP contribution in [-0.4, -0.2) is 32.8 Å². The summed E-state index contributed by atoms with van der Waals surface area (Å²) in [6, 6.07) is 5.47. The molecule has 1 amide bonds. The lowest BCUT2D eigenvalue weighted by molar-refractivity contribution is -0.123. The molecule has 0 fully saturated rings. The van der Waals surface area contributed by atoms with Crippen molar-refractivity contribution in [2.24, 2.45) is 0 Å². The Morgan fingerprint density at radius 3 is 2.89 bits per heavy atom. The molecule has 0 atom stereocenters. The van der Waals surface area contributed by atoms with E-state index < -0.39 is 0 Å². The minimum absolute atomic E-state index is 0.0275. The smallest absolute Gasteiger partial charge is 0.257 e. The summed E-state index contributed by atoms with van der Waals surface area (Å²) in [4.78, 5) is 11.4. The van der Waals surface area contributed by atoms with E-state index >= 15 is 0 Å². The highest BCUT2D eigenvalue weighted by molar-refractivity contribution is 5.77. The first-order valence-corrected chi connectivity index (χ1v) is 5.88. The van der Waals surface area contributed by atoms with E-state index in [1.165, 1.54) is 0 Å². The maximum atomic E-state index is 11.4. The molecule has 1 rings (SSSR count). The van der Waals surface area contributed by atoms with Gasteiger partial charge < -0.3 is 20.5 Å². The van der Waals surface area contributed by atoms with Crippen molar-refractivity contribution < 1.29 is 14.3 Å². The number of hydrogen-bond acceptors (Lipinski definition) is 4. The fourth-order valence-corrected chi connectivity index (χ4v) is 1.44. The quantitative estimate of drug-likeness (QED) is 0.563. The van der Waals surface area contributed by atoms with Crippen LogP contribution in [0.25, 0.3) is 0 Å². The number of methoxy groups -OCH3 is 1. The van der Waals surface area contributed by atoms with Crippen LogP contribution in [0.2, 0.25) is 0 Å². The van der Waals surface area contributed by atoms with E-state index in [1.807, 2.05) is 19.1 Å². The summed E-state index contributed by atoms with van der Waals surface area (Å²) < 4.78 is 10.2. The molecular weight excluding hydrogens is 232 g/mol. The first-order valence-electron chi connectivity index (χ1n) is 5.88. The summed E-state index contributed by atoms with van der Waals surface area (Å²) in [6.45, 7) is 3.13. The lowest BCUT2D eigenvalue weighted by Gasteiger charge is -2.09. The standard InChI is InChI=1S/C13H20N2O3/c1-10-4-5-12(11(14)8-10)18-9-13(16)15-6-3-7-17-2/h4-5,8H,3,6-7,9,14H2,1-2H3,(H,15,16). The van der Waals surface area contributed by atoms with Gasteiger partial charge in [0.25, 0.3) is 5.91 Å². The number of rotatable bonds is 7. The summed E-state index contributed by atoms with van der Waals surface area (Å²) in [6.07, 6.45) is 0.787. The van der Waals surface area contributed by atoms with Crippen molar-refractivity contribution in [3.05, 3.63) is 23.8 Å². The van der Waals surface area contributed by atoms with Gasteiger partial charge in [0.2, 0.25) is 0 Å². The SMILES string of the molecule is COCCCNC(=O)COc1ccc(C)cc1N. The molecule has 0 radical (unpaired) electrons. The van der Waals surface area contributed by atoms with E-state index in [1.54, 1.807) is 13.2 Å². The van der Waals surface area contributed by atoms with Crippen LogP contribution in [0.1, 0.15) is 12.0 Å². The molecule has 0 aromatic heterocycles. The third kappa shape index (κ3) is 5.05. The van der Waals surface area contributed by atoms with Crippen LogP contribution in [0, 0.1) is 6.92 Å². The maximum Gasteiger partial charge on any atom is 0.257 e. The highest BCUT2D eigenvalue weighted by Crippen LogP contribution is 2.21. The molecule has 18 heavy (non-hydrogen) atoms. The molecule has 0 aliphatic heterocycles. The van der Waals surface area contributed by atoms with Gasteiger partial charge in [0.1, 0.15) is 5.75 Å². The van der Waals surface area contributed by atoms with E-state index in [-0.39, 0.29) is 12.5 Å². The van der Waals surface area contributed by atoms with Gasteiger partial charge in [-0.25, -0.2) is 0 Å². The van der Waals surface area contributed by atoms with Gasteiger partial charge in [-0.15, -0.1) is 0 Å². The molecule has 3 N–H and O–H groups in total. The van der Waals surface area contributed by atoms with Crippen molar-refractivity contribution in [1.82, 2.24) is 5.32 Å². The number of carbonyl (C=O) groups is 1. The van der Waals surface area contributed by atoms with Crippen LogP contribution in [-0.2, 0) is 9.53 Å². The van der Waals surface area contributed by atoms with Crippen LogP contribution in [0.5, 0.6) is 5.75 Å². The highest BCUT2D eigenvalue weighted by atomic mass is 16.5. The van der Waals surface area contributed by atoms with E-state index in [9.17, 15) is 4.79 Å². The zero-order chi connectivity index (χ0) is 13.4. The predicted octanol–water partition coefficient (Wildman–Crippen LogP) is 1.11. The van der Waals surface area contributed by atoms with Crippen LogP contribution < -0.4 is 15.8 Å². The Hall–Kier alpha value is -1.75. The van der Waals surface area contributed by atoms with Crippen molar-refractivity contribution in [3.8, 4) is 5.75 Å². The van der Waals surface area contributed by atoms with Gasteiger partial charge in [0, 0.05) is 20.3 Å². The van der Waals surface area contributed by atoms with Crippen molar-refractivity contribution in [2.45, 2.75) is 13.3 Å². The Morgan fingerprint density at radius 2 is 2.22 bits per heavy atom. The van der Waals surface area contributed by atoms with Gasteiger partial charge in [-0.3, -0.25) is 4.79 Å². The third-order valence-corrected chi connectivity index (χ3v) is 2.37. The van der Waals surface area contributed by atoms with E-state index in [2.05, 4.69) is 5.32 Å². The van der Waals surface area contributed by atoms with E-state index in [0.29, 0.717) is 24.6 Å². The number of anilines is 1. The van der Waals surface area contributed by atoms with Crippen LogP contribution in [0.3, 0.4) is 0 Å².